The molecular weight excluding hydrogens is 412 g/mol. The Bertz CT molecular complexity index is 1070. The maximum absolute atomic E-state index is 13.2. The number of alkyl halides is 3. The predicted molar refractivity (Wildman–Crippen MR) is 107 cm³/mol. The van der Waals surface area contributed by atoms with Crippen molar-refractivity contribution < 1.29 is 27.1 Å². The largest absolute Gasteiger partial charge is 0.573 e. The minimum absolute atomic E-state index is 0.331. The summed E-state index contributed by atoms with van der Waals surface area (Å²) in [7, 11) is 0. The van der Waals surface area contributed by atoms with Crippen molar-refractivity contribution in [2.24, 2.45) is 0 Å². The number of nitrogens with one attached hydrogen (secondary N) is 1. The van der Waals surface area contributed by atoms with E-state index in [0.717, 1.165) is 11.1 Å². The fourth-order valence-electron chi connectivity index (χ4n) is 3.73. The molecule has 4 rings (SSSR count). The lowest BCUT2D eigenvalue weighted by molar-refractivity contribution is -0.274. The van der Waals surface area contributed by atoms with Gasteiger partial charge < -0.3 is 15.0 Å². The molecule has 0 radical (unpaired) electrons. The van der Waals surface area contributed by atoms with Crippen LogP contribution in [0.5, 0.6) is 5.75 Å². The number of hydrogen-bond acceptors (Lipinski definition) is 2. The predicted octanol–water partition coefficient (Wildman–Crippen LogP) is 5.90. The van der Waals surface area contributed by atoms with E-state index in [1.54, 1.807) is 4.90 Å². The van der Waals surface area contributed by atoms with Gasteiger partial charge in [0.05, 0.1) is 6.04 Å². The summed E-state index contributed by atoms with van der Waals surface area (Å²) in [6.07, 6.45) is -4.14. The number of benzene rings is 3. The molecule has 31 heavy (non-hydrogen) atoms. The Morgan fingerprint density at radius 2 is 1.65 bits per heavy atom. The molecule has 8 heteroatoms. The Labute approximate surface area is 176 Å². The molecule has 3 aromatic rings. The molecule has 0 spiro atoms. The first-order chi connectivity index (χ1) is 14.8. The highest BCUT2D eigenvalue weighted by Crippen LogP contribution is 2.36. The Morgan fingerprint density at radius 3 is 2.32 bits per heavy atom. The number of nitrogens with zero attached hydrogens (tertiary/aromatic N) is 1. The van der Waals surface area contributed by atoms with Crippen LogP contribution in [0.4, 0.5) is 28.0 Å². The molecule has 1 aliphatic rings. The van der Waals surface area contributed by atoms with Gasteiger partial charge in [0.1, 0.15) is 11.6 Å². The number of ether oxygens (including phenoxy) is 1. The van der Waals surface area contributed by atoms with Crippen molar-refractivity contribution in [1.82, 2.24) is 4.90 Å². The van der Waals surface area contributed by atoms with Crippen molar-refractivity contribution in [3.05, 3.63) is 95.3 Å². The number of rotatable bonds is 3. The lowest BCUT2D eigenvalue weighted by Crippen LogP contribution is -2.43. The molecule has 0 saturated heterocycles. The molecule has 0 saturated carbocycles. The van der Waals surface area contributed by atoms with Crippen molar-refractivity contribution in [2.45, 2.75) is 18.8 Å². The van der Waals surface area contributed by atoms with Crippen LogP contribution >= 0.6 is 0 Å². The van der Waals surface area contributed by atoms with Gasteiger partial charge in [-0.25, -0.2) is 9.18 Å². The number of amides is 2. The minimum Gasteiger partial charge on any atom is -0.406 e. The van der Waals surface area contributed by atoms with Gasteiger partial charge in [-0.2, -0.15) is 0 Å². The second-order valence-corrected chi connectivity index (χ2v) is 7.10. The van der Waals surface area contributed by atoms with Crippen LogP contribution in [0, 0.1) is 5.82 Å². The summed E-state index contributed by atoms with van der Waals surface area (Å²) < 4.78 is 54.6. The maximum atomic E-state index is 13.2. The fraction of sp³-hybridized carbons (Fsp3) is 0.174. The first-order valence-electron chi connectivity index (χ1n) is 9.57. The van der Waals surface area contributed by atoms with Gasteiger partial charge in [0.2, 0.25) is 0 Å². The molecule has 2 amide bonds. The zero-order valence-electron chi connectivity index (χ0n) is 16.2. The summed E-state index contributed by atoms with van der Waals surface area (Å²) in [6.45, 7) is 0.412. The van der Waals surface area contributed by atoms with Crippen molar-refractivity contribution in [2.75, 3.05) is 11.9 Å². The number of hydrogen-bond donors (Lipinski definition) is 1. The first-order valence-corrected chi connectivity index (χ1v) is 9.57. The highest BCUT2D eigenvalue weighted by molar-refractivity contribution is 5.90. The second-order valence-electron chi connectivity index (χ2n) is 7.10. The molecule has 3 aromatic carbocycles. The van der Waals surface area contributed by atoms with E-state index in [2.05, 4.69) is 10.1 Å². The Hall–Kier alpha value is -3.55. The van der Waals surface area contributed by atoms with E-state index in [1.165, 1.54) is 48.5 Å². The number of anilines is 1. The van der Waals surface area contributed by atoms with E-state index < -0.39 is 18.2 Å². The zero-order chi connectivity index (χ0) is 22.0. The van der Waals surface area contributed by atoms with Gasteiger partial charge in [-0.1, -0.05) is 36.4 Å². The first kappa shape index (κ1) is 20.7. The van der Waals surface area contributed by atoms with E-state index >= 15 is 0 Å². The second kappa shape index (κ2) is 8.29. The molecule has 0 aromatic heterocycles. The van der Waals surface area contributed by atoms with Crippen LogP contribution in [-0.2, 0) is 6.42 Å². The monoisotopic (exact) mass is 430 g/mol. The van der Waals surface area contributed by atoms with Crippen LogP contribution in [0.25, 0.3) is 0 Å². The van der Waals surface area contributed by atoms with Gasteiger partial charge in [0, 0.05) is 12.2 Å². The van der Waals surface area contributed by atoms with Gasteiger partial charge in [-0.3, -0.25) is 0 Å². The molecule has 0 fully saturated rings. The standard InChI is InChI=1S/C23H18F4N2O2/c24-17-7-9-18(10-8-17)28-22(30)29-14-13-15-3-1-2-4-20(15)21(29)16-5-11-19(12-6-16)31-23(25,26)27/h1-12,21H,13-14H2,(H,28,30). The van der Waals surface area contributed by atoms with Gasteiger partial charge in [0.25, 0.3) is 0 Å². The van der Waals surface area contributed by atoms with Crippen LogP contribution in [0.3, 0.4) is 0 Å². The Balaban J connectivity index is 1.65. The van der Waals surface area contributed by atoms with E-state index in [4.69, 9.17) is 0 Å². The highest BCUT2D eigenvalue weighted by Gasteiger charge is 2.33. The molecule has 1 N–H and O–H groups in total. The number of halogens is 4. The third-order valence-electron chi connectivity index (χ3n) is 5.07. The Kier molecular flexibility index (Phi) is 5.54. The molecule has 1 atom stereocenters. The maximum Gasteiger partial charge on any atom is 0.573 e. The minimum atomic E-state index is -4.78. The van der Waals surface area contributed by atoms with Crippen molar-refractivity contribution in [3.8, 4) is 5.75 Å². The van der Waals surface area contributed by atoms with Crippen molar-refractivity contribution in [3.63, 3.8) is 0 Å². The number of carbonyl (C=O) groups excluding carboxylic acids is 1. The van der Waals surface area contributed by atoms with E-state index in [0.29, 0.717) is 24.2 Å². The zero-order valence-corrected chi connectivity index (χ0v) is 16.2. The SMILES string of the molecule is O=C(Nc1ccc(F)cc1)N1CCc2ccccc2C1c1ccc(OC(F)(F)F)cc1. The average Bonchev–Trinajstić information content (AvgIpc) is 2.74. The smallest absolute Gasteiger partial charge is 0.406 e. The highest BCUT2D eigenvalue weighted by atomic mass is 19.4. The summed E-state index contributed by atoms with van der Waals surface area (Å²) in [5.41, 5.74) is 3.05. The van der Waals surface area contributed by atoms with Gasteiger partial charge in [0.15, 0.2) is 0 Å². The normalized spacial score (nSPS) is 15.9. The van der Waals surface area contributed by atoms with Crippen LogP contribution < -0.4 is 10.1 Å². The molecule has 0 aliphatic carbocycles. The summed E-state index contributed by atoms with van der Waals surface area (Å²) in [6, 6.07) is 17.7. The summed E-state index contributed by atoms with van der Waals surface area (Å²) in [5, 5.41) is 2.76. The lowest BCUT2D eigenvalue weighted by atomic mass is 9.88. The molecule has 1 heterocycles. The number of urea groups is 1. The molecule has 1 unspecified atom stereocenters. The van der Waals surface area contributed by atoms with Crippen molar-refractivity contribution in [1.29, 1.82) is 0 Å². The Morgan fingerprint density at radius 1 is 0.968 bits per heavy atom. The van der Waals surface area contributed by atoms with Gasteiger partial charge in [-0.15, -0.1) is 13.2 Å². The number of fused-ring (bicyclic) bond motifs is 1. The topological polar surface area (TPSA) is 41.6 Å². The summed E-state index contributed by atoms with van der Waals surface area (Å²) >= 11 is 0. The summed E-state index contributed by atoms with van der Waals surface area (Å²) in [5.74, 6) is -0.744. The van der Waals surface area contributed by atoms with Gasteiger partial charge >= 0.3 is 12.4 Å². The van der Waals surface area contributed by atoms with Crippen LogP contribution in [0.15, 0.2) is 72.8 Å². The molecule has 0 bridgehead atoms. The molecule has 4 nitrogen and oxygen atoms in total. The van der Waals surface area contributed by atoms with Crippen LogP contribution in [0.1, 0.15) is 22.7 Å². The van der Waals surface area contributed by atoms with E-state index in [9.17, 15) is 22.4 Å². The van der Waals surface area contributed by atoms with E-state index in [1.807, 2.05) is 24.3 Å². The summed E-state index contributed by atoms with van der Waals surface area (Å²) in [4.78, 5) is 14.7. The third kappa shape index (κ3) is 4.79. The average molecular weight is 430 g/mol. The fourth-order valence-corrected chi connectivity index (χ4v) is 3.73. The van der Waals surface area contributed by atoms with Crippen molar-refractivity contribution >= 4 is 11.7 Å². The molecular formula is C23H18F4N2O2. The molecule has 160 valence electrons. The van der Waals surface area contributed by atoms with Gasteiger partial charge in [-0.05, 0) is 59.5 Å². The third-order valence-corrected chi connectivity index (χ3v) is 5.07. The van der Waals surface area contributed by atoms with Crippen LogP contribution in [0.2, 0.25) is 0 Å². The quantitative estimate of drug-likeness (QED) is 0.526. The lowest BCUT2D eigenvalue weighted by Gasteiger charge is -2.37. The molecule has 1 aliphatic heterocycles. The van der Waals surface area contributed by atoms with E-state index in [-0.39, 0.29) is 11.8 Å². The number of carbonyl (C=O) groups is 1. The van der Waals surface area contributed by atoms with Crippen LogP contribution in [-0.4, -0.2) is 23.8 Å².